The quantitative estimate of drug-likeness (QED) is 0.303. The summed E-state index contributed by atoms with van der Waals surface area (Å²) in [6.07, 6.45) is 1.64. The highest BCUT2D eigenvalue weighted by Crippen LogP contribution is 2.44. The van der Waals surface area contributed by atoms with Crippen LogP contribution in [0.4, 0.5) is 5.69 Å². The Morgan fingerprint density at radius 3 is 2.49 bits per heavy atom. The molecular formula is C30H27NO6. The fourth-order valence-corrected chi connectivity index (χ4v) is 4.69. The molecule has 1 aliphatic rings. The third-order valence-electron chi connectivity index (χ3n) is 6.68. The Balaban J connectivity index is 1.78. The number of carbonyl (C=O) groups is 1. The molecule has 0 N–H and O–H groups in total. The van der Waals surface area contributed by atoms with E-state index in [1.54, 1.807) is 67.7 Å². The molecule has 1 amide bonds. The van der Waals surface area contributed by atoms with Crippen molar-refractivity contribution in [2.24, 2.45) is 0 Å². The van der Waals surface area contributed by atoms with Gasteiger partial charge < -0.3 is 18.6 Å². The second-order valence-electron chi connectivity index (χ2n) is 8.90. The summed E-state index contributed by atoms with van der Waals surface area (Å²) in [6.45, 7) is 7.88. The number of fused-ring (bicyclic) bond motifs is 2. The zero-order valence-corrected chi connectivity index (χ0v) is 21.2. The van der Waals surface area contributed by atoms with E-state index in [1.807, 2.05) is 26.0 Å². The van der Waals surface area contributed by atoms with Crippen LogP contribution in [0, 0.1) is 13.8 Å². The molecule has 0 spiro atoms. The first-order valence-corrected chi connectivity index (χ1v) is 11.8. The second-order valence-corrected chi connectivity index (χ2v) is 8.90. The SMILES string of the molecule is C=CCOc1ccc(C2c3c(oc4cc(C)c(C)cc4c3=O)C(=O)N2c2cccc(OC)c2)cc1OC. The molecule has 37 heavy (non-hydrogen) atoms. The molecule has 1 aromatic heterocycles. The molecule has 0 fully saturated rings. The molecule has 2 heterocycles. The number of amides is 1. The third-order valence-corrected chi connectivity index (χ3v) is 6.68. The van der Waals surface area contributed by atoms with Crippen LogP contribution in [0.25, 0.3) is 11.0 Å². The van der Waals surface area contributed by atoms with E-state index in [-0.39, 0.29) is 16.8 Å². The van der Waals surface area contributed by atoms with Crippen LogP contribution >= 0.6 is 0 Å². The van der Waals surface area contributed by atoms with Gasteiger partial charge in [0, 0.05) is 11.8 Å². The number of benzene rings is 3. The number of hydrogen-bond acceptors (Lipinski definition) is 6. The largest absolute Gasteiger partial charge is 0.497 e. The van der Waals surface area contributed by atoms with E-state index in [2.05, 4.69) is 6.58 Å². The van der Waals surface area contributed by atoms with Crippen molar-refractivity contribution in [2.45, 2.75) is 19.9 Å². The number of anilines is 1. The van der Waals surface area contributed by atoms with Gasteiger partial charge in [-0.05, 0) is 66.9 Å². The van der Waals surface area contributed by atoms with E-state index >= 15 is 0 Å². The minimum absolute atomic E-state index is 0.0273. The van der Waals surface area contributed by atoms with Gasteiger partial charge in [0.1, 0.15) is 17.9 Å². The molecule has 7 nitrogen and oxygen atoms in total. The monoisotopic (exact) mass is 497 g/mol. The van der Waals surface area contributed by atoms with Crippen LogP contribution in [0.1, 0.15) is 38.9 Å². The molecule has 0 saturated carbocycles. The van der Waals surface area contributed by atoms with Gasteiger partial charge in [-0.3, -0.25) is 14.5 Å². The smallest absolute Gasteiger partial charge is 0.295 e. The highest BCUT2D eigenvalue weighted by molar-refractivity contribution is 6.10. The van der Waals surface area contributed by atoms with Gasteiger partial charge in [-0.15, -0.1) is 0 Å². The molecule has 1 unspecified atom stereocenters. The molecule has 188 valence electrons. The Morgan fingerprint density at radius 1 is 0.973 bits per heavy atom. The molecule has 0 saturated heterocycles. The van der Waals surface area contributed by atoms with Crippen LogP contribution in [0.3, 0.4) is 0 Å². The Labute approximate surface area is 214 Å². The highest BCUT2D eigenvalue weighted by atomic mass is 16.5. The lowest BCUT2D eigenvalue weighted by Crippen LogP contribution is -2.29. The second kappa shape index (κ2) is 9.50. The van der Waals surface area contributed by atoms with Gasteiger partial charge in [-0.25, -0.2) is 0 Å². The number of nitrogens with zero attached hydrogens (tertiary/aromatic N) is 1. The van der Waals surface area contributed by atoms with Gasteiger partial charge in [-0.1, -0.05) is 24.8 Å². The zero-order chi connectivity index (χ0) is 26.3. The van der Waals surface area contributed by atoms with Crippen LogP contribution in [0.2, 0.25) is 0 Å². The summed E-state index contributed by atoms with van der Waals surface area (Å²) in [5.74, 6) is 1.21. The molecule has 0 radical (unpaired) electrons. The number of rotatable bonds is 7. The Morgan fingerprint density at radius 2 is 1.76 bits per heavy atom. The van der Waals surface area contributed by atoms with Gasteiger partial charge in [0.25, 0.3) is 5.91 Å². The van der Waals surface area contributed by atoms with Crippen molar-refractivity contribution in [3.63, 3.8) is 0 Å². The number of ether oxygens (including phenoxy) is 3. The highest BCUT2D eigenvalue weighted by Gasteiger charge is 2.44. The minimum Gasteiger partial charge on any atom is -0.497 e. The average Bonchev–Trinajstić information content (AvgIpc) is 3.20. The molecule has 0 bridgehead atoms. The van der Waals surface area contributed by atoms with Crippen molar-refractivity contribution < 1.29 is 23.4 Å². The summed E-state index contributed by atoms with van der Waals surface area (Å²) >= 11 is 0. The maximum Gasteiger partial charge on any atom is 0.295 e. The molecule has 1 aliphatic heterocycles. The maximum atomic E-state index is 13.9. The van der Waals surface area contributed by atoms with Gasteiger partial charge in [0.05, 0.1) is 31.2 Å². The zero-order valence-electron chi connectivity index (χ0n) is 21.2. The van der Waals surface area contributed by atoms with Crippen LogP contribution in [0.5, 0.6) is 17.2 Å². The molecule has 4 aromatic rings. The Bertz CT molecular complexity index is 1600. The first-order chi connectivity index (χ1) is 17.9. The summed E-state index contributed by atoms with van der Waals surface area (Å²) in [5, 5.41) is 0.435. The normalized spacial score (nSPS) is 14.5. The fraction of sp³-hybridized carbons (Fsp3) is 0.200. The number of hydrogen-bond donors (Lipinski definition) is 0. The number of aryl methyl sites for hydroxylation is 2. The minimum atomic E-state index is -0.751. The molecule has 1 atom stereocenters. The standard InChI is InChI=1S/C30H27NO6/c1-6-12-36-23-11-10-19(15-25(23)35-5)27-26-28(32)22-13-17(2)18(3)14-24(22)37-29(26)30(33)31(27)20-8-7-9-21(16-20)34-4/h6-11,13-16,27H,1,12H2,2-5H3. The molecule has 5 rings (SSSR count). The van der Waals surface area contributed by atoms with Crippen molar-refractivity contribution in [2.75, 3.05) is 25.7 Å². The first kappa shape index (κ1) is 24.2. The Hall–Kier alpha value is -4.52. The summed E-state index contributed by atoms with van der Waals surface area (Å²) < 4.78 is 22.8. The predicted molar refractivity (Wildman–Crippen MR) is 142 cm³/mol. The van der Waals surface area contributed by atoms with E-state index in [0.29, 0.717) is 46.1 Å². The lowest BCUT2D eigenvalue weighted by Gasteiger charge is -2.26. The lowest BCUT2D eigenvalue weighted by molar-refractivity contribution is 0.0971. The van der Waals surface area contributed by atoms with Gasteiger partial charge >= 0.3 is 0 Å². The molecule has 0 aliphatic carbocycles. The summed E-state index contributed by atoms with van der Waals surface area (Å²) in [5.41, 5.74) is 3.62. The van der Waals surface area contributed by atoms with Crippen LogP contribution < -0.4 is 24.5 Å². The summed E-state index contributed by atoms with van der Waals surface area (Å²) in [7, 11) is 3.10. The predicted octanol–water partition coefficient (Wildman–Crippen LogP) is 5.74. The average molecular weight is 498 g/mol. The first-order valence-electron chi connectivity index (χ1n) is 11.8. The molecule has 3 aromatic carbocycles. The summed E-state index contributed by atoms with van der Waals surface area (Å²) in [4.78, 5) is 29.4. The Kier molecular flexibility index (Phi) is 6.21. The third kappa shape index (κ3) is 4.02. The fourth-order valence-electron chi connectivity index (χ4n) is 4.69. The van der Waals surface area contributed by atoms with E-state index in [9.17, 15) is 9.59 Å². The topological polar surface area (TPSA) is 78.2 Å². The van der Waals surface area contributed by atoms with Crippen molar-refractivity contribution >= 4 is 22.6 Å². The molecular weight excluding hydrogens is 470 g/mol. The number of methoxy groups -OCH3 is 2. The maximum absolute atomic E-state index is 13.9. The number of carbonyl (C=O) groups excluding carboxylic acids is 1. The summed E-state index contributed by atoms with van der Waals surface area (Å²) in [6, 6.07) is 15.4. The molecule has 7 heteroatoms. The van der Waals surface area contributed by atoms with Gasteiger partial charge in [-0.2, -0.15) is 0 Å². The van der Waals surface area contributed by atoms with Gasteiger partial charge in [0.15, 0.2) is 16.9 Å². The van der Waals surface area contributed by atoms with Crippen LogP contribution in [-0.2, 0) is 0 Å². The lowest BCUT2D eigenvalue weighted by atomic mass is 9.97. The van der Waals surface area contributed by atoms with E-state index in [1.165, 1.54) is 0 Å². The van der Waals surface area contributed by atoms with Crippen molar-refractivity contribution in [1.29, 1.82) is 0 Å². The van der Waals surface area contributed by atoms with E-state index in [4.69, 9.17) is 18.6 Å². The van der Waals surface area contributed by atoms with Crippen LogP contribution in [-0.4, -0.2) is 26.7 Å². The van der Waals surface area contributed by atoms with E-state index < -0.39 is 11.9 Å². The van der Waals surface area contributed by atoms with Crippen LogP contribution in [0.15, 0.2) is 76.5 Å². The van der Waals surface area contributed by atoms with E-state index in [0.717, 1.165) is 11.1 Å². The van der Waals surface area contributed by atoms with Crippen molar-refractivity contribution in [1.82, 2.24) is 0 Å². The van der Waals surface area contributed by atoms with Gasteiger partial charge in [0.2, 0.25) is 5.76 Å². The van der Waals surface area contributed by atoms with Crippen molar-refractivity contribution in [3.8, 4) is 17.2 Å². The van der Waals surface area contributed by atoms with Crippen molar-refractivity contribution in [3.05, 3.63) is 105 Å².